The van der Waals surface area contributed by atoms with Crippen LogP contribution >= 0.6 is 0 Å². The largest absolute Gasteiger partial charge is 0.464 e. The Morgan fingerprint density at radius 3 is 2.53 bits per heavy atom. The van der Waals surface area contributed by atoms with E-state index in [4.69, 9.17) is 9.47 Å². The fourth-order valence-corrected chi connectivity index (χ4v) is 1.49. The molecular weight excluding hydrogens is 216 g/mol. The predicted molar refractivity (Wildman–Crippen MR) is 66.7 cm³/mol. The first-order valence-corrected chi connectivity index (χ1v) is 6.12. The molecule has 1 rings (SSSR count). The second kappa shape index (κ2) is 7.85. The molecule has 0 saturated heterocycles. The fourth-order valence-electron chi connectivity index (χ4n) is 1.49. The lowest BCUT2D eigenvalue weighted by Crippen LogP contribution is -2.19. The van der Waals surface area contributed by atoms with E-state index in [1.807, 2.05) is 37.3 Å². The van der Waals surface area contributed by atoms with Crippen LogP contribution in [0.2, 0.25) is 0 Å². The predicted octanol–water partition coefficient (Wildman–Crippen LogP) is 3.11. The van der Waals surface area contributed by atoms with E-state index in [1.165, 1.54) is 0 Å². The van der Waals surface area contributed by atoms with Gasteiger partial charge in [-0.25, -0.2) is 4.79 Å². The summed E-state index contributed by atoms with van der Waals surface area (Å²) in [4.78, 5) is 11.9. The maximum absolute atomic E-state index is 11.9. The van der Waals surface area contributed by atoms with Crippen LogP contribution in [0.15, 0.2) is 30.3 Å². The van der Waals surface area contributed by atoms with Crippen molar-refractivity contribution in [2.75, 3.05) is 13.2 Å². The summed E-state index contributed by atoms with van der Waals surface area (Å²) in [5.41, 5.74) is 0.843. The van der Waals surface area contributed by atoms with Crippen LogP contribution in [0.3, 0.4) is 0 Å². The summed E-state index contributed by atoms with van der Waals surface area (Å²) in [5.74, 6) is -0.300. The molecule has 0 aliphatic heterocycles. The first-order chi connectivity index (χ1) is 8.29. The molecule has 0 bridgehead atoms. The number of ether oxygens (including phenoxy) is 2. The van der Waals surface area contributed by atoms with Gasteiger partial charge in [0.15, 0.2) is 6.10 Å². The molecule has 94 valence electrons. The number of unbranched alkanes of at least 4 members (excludes halogenated alkanes) is 1. The highest BCUT2D eigenvalue weighted by Crippen LogP contribution is 2.18. The van der Waals surface area contributed by atoms with Gasteiger partial charge < -0.3 is 9.47 Å². The highest BCUT2D eigenvalue weighted by atomic mass is 16.6. The van der Waals surface area contributed by atoms with Crippen molar-refractivity contribution in [3.05, 3.63) is 35.9 Å². The fraction of sp³-hybridized carbons (Fsp3) is 0.500. The lowest BCUT2D eigenvalue weighted by atomic mass is 10.1. The number of esters is 1. The molecule has 3 heteroatoms. The Labute approximate surface area is 103 Å². The van der Waals surface area contributed by atoms with Crippen LogP contribution in [-0.2, 0) is 14.3 Å². The van der Waals surface area contributed by atoms with E-state index in [1.54, 1.807) is 0 Å². The van der Waals surface area contributed by atoms with Crippen molar-refractivity contribution < 1.29 is 14.3 Å². The third-order valence-corrected chi connectivity index (χ3v) is 2.39. The monoisotopic (exact) mass is 236 g/mol. The molecule has 0 heterocycles. The third kappa shape index (κ3) is 4.57. The van der Waals surface area contributed by atoms with Crippen molar-refractivity contribution in [3.8, 4) is 0 Å². The molecule has 0 spiro atoms. The molecule has 1 aromatic rings. The van der Waals surface area contributed by atoms with Crippen LogP contribution in [0.25, 0.3) is 0 Å². The molecule has 0 aromatic heterocycles. The topological polar surface area (TPSA) is 35.5 Å². The van der Waals surface area contributed by atoms with Gasteiger partial charge in [-0.1, -0.05) is 43.7 Å². The molecule has 17 heavy (non-hydrogen) atoms. The zero-order valence-corrected chi connectivity index (χ0v) is 10.5. The minimum absolute atomic E-state index is 0.300. The molecule has 3 nitrogen and oxygen atoms in total. The molecular formula is C14H20O3. The number of hydrogen-bond acceptors (Lipinski definition) is 3. The number of rotatable bonds is 7. The molecule has 1 unspecified atom stereocenters. The first-order valence-electron chi connectivity index (χ1n) is 6.12. The molecule has 0 aliphatic rings. The summed E-state index contributed by atoms with van der Waals surface area (Å²) in [5, 5.41) is 0. The SMILES string of the molecule is CCCCOC(=O)C(OCC)c1ccccc1. The molecule has 0 aliphatic carbocycles. The van der Waals surface area contributed by atoms with Crippen LogP contribution in [0.1, 0.15) is 38.4 Å². The second-order valence-electron chi connectivity index (χ2n) is 3.77. The van der Waals surface area contributed by atoms with Crippen LogP contribution in [0.4, 0.5) is 0 Å². The van der Waals surface area contributed by atoms with E-state index >= 15 is 0 Å². The van der Waals surface area contributed by atoms with E-state index in [2.05, 4.69) is 6.92 Å². The van der Waals surface area contributed by atoms with Crippen LogP contribution < -0.4 is 0 Å². The Hall–Kier alpha value is -1.35. The summed E-state index contributed by atoms with van der Waals surface area (Å²) >= 11 is 0. The van der Waals surface area contributed by atoms with Gasteiger partial charge >= 0.3 is 5.97 Å². The molecule has 0 saturated carbocycles. The lowest BCUT2D eigenvalue weighted by molar-refractivity contribution is -0.157. The molecule has 1 atom stereocenters. The van der Waals surface area contributed by atoms with Gasteiger partial charge in [-0.3, -0.25) is 0 Å². The zero-order chi connectivity index (χ0) is 12.5. The van der Waals surface area contributed by atoms with E-state index in [0.717, 1.165) is 18.4 Å². The first kappa shape index (κ1) is 13.7. The Kier molecular flexibility index (Phi) is 6.33. The smallest absolute Gasteiger partial charge is 0.339 e. The van der Waals surface area contributed by atoms with Crippen molar-refractivity contribution in [2.24, 2.45) is 0 Å². The average molecular weight is 236 g/mol. The maximum Gasteiger partial charge on any atom is 0.339 e. The second-order valence-corrected chi connectivity index (χ2v) is 3.77. The Bertz CT molecular complexity index is 321. The summed E-state index contributed by atoms with van der Waals surface area (Å²) in [6, 6.07) is 9.44. The van der Waals surface area contributed by atoms with Gasteiger partial charge in [0.1, 0.15) is 0 Å². The highest BCUT2D eigenvalue weighted by Gasteiger charge is 2.21. The Morgan fingerprint density at radius 2 is 1.94 bits per heavy atom. The van der Waals surface area contributed by atoms with Gasteiger partial charge in [0.25, 0.3) is 0 Å². The van der Waals surface area contributed by atoms with Gasteiger partial charge in [-0.15, -0.1) is 0 Å². The van der Waals surface area contributed by atoms with Crippen LogP contribution in [0, 0.1) is 0 Å². The van der Waals surface area contributed by atoms with Crippen LogP contribution in [-0.4, -0.2) is 19.2 Å². The van der Waals surface area contributed by atoms with Gasteiger partial charge in [0.2, 0.25) is 0 Å². The van der Waals surface area contributed by atoms with E-state index in [0.29, 0.717) is 13.2 Å². The van der Waals surface area contributed by atoms with Crippen molar-refractivity contribution in [2.45, 2.75) is 32.8 Å². The van der Waals surface area contributed by atoms with Gasteiger partial charge in [-0.2, -0.15) is 0 Å². The quantitative estimate of drug-likeness (QED) is 0.539. The molecule has 0 N–H and O–H groups in total. The standard InChI is InChI=1S/C14H20O3/c1-3-5-11-17-14(15)13(16-4-2)12-9-7-6-8-10-12/h6-10,13H,3-5,11H2,1-2H3. The molecule has 0 radical (unpaired) electrons. The summed E-state index contributed by atoms with van der Waals surface area (Å²) in [6.07, 6.45) is 1.30. The number of carbonyl (C=O) groups excluding carboxylic acids is 1. The highest BCUT2D eigenvalue weighted by molar-refractivity contribution is 5.76. The summed E-state index contributed by atoms with van der Waals surface area (Å²) < 4.78 is 10.6. The molecule has 1 aromatic carbocycles. The van der Waals surface area contributed by atoms with E-state index in [-0.39, 0.29) is 5.97 Å². The van der Waals surface area contributed by atoms with Crippen LogP contribution in [0.5, 0.6) is 0 Å². The summed E-state index contributed by atoms with van der Waals surface area (Å²) in [7, 11) is 0. The lowest BCUT2D eigenvalue weighted by Gasteiger charge is -2.16. The number of hydrogen-bond donors (Lipinski definition) is 0. The Morgan fingerprint density at radius 1 is 1.24 bits per heavy atom. The van der Waals surface area contributed by atoms with Crippen molar-refractivity contribution >= 4 is 5.97 Å². The third-order valence-electron chi connectivity index (χ3n) is 2.39. The normalized spacial score (nSPS) is 12.1. The maximum atomic E-state index is 11.9. The summed E-state index contributed by atoms with van der Waals surface area (Å²) in [6.45, 7) is 4.88. The van der Waals surface area contributed by atoms with E-state index in [9.17, 15) is 4.79 Å². The van der Waals surface area contributed by atoms with Gasteiger partial charge in [-0.05, 0) is 18.9 Å². The minimum Gasteiger partial charge on any atom is -0.464 e. The van der Waals surface area contributed by atoms with Crippen molar-refractivity contribution in [3.63, 3.8) is 0 Å². The number of carbonyl (C=O) groups is 1. The Balaban J connectivity index is 2.62. The molecule has 0 fully saturated rings. The molecule has 0 amide bonds. The van der Waals surface area contributed by atoms with Crippen molar-refractivity contribution in [1.29, 1.82) is 0 Å². The van der Waals surface area contributed by atoms with Gasteiger partial charge in [0, 0.05) is 6.61 Å². The minimum atomic E-state index is -0.599. The van der Waals surface area contributed by atoms with Crippen molar-refractivity contribution in [1.82, 2.24) is 0 Å². The average Bonchev–Trinajstić information content (AvgIpc) is 2.37. The number of benzene rings is 1. The van der Waals surface area contributed by atoms with Gasteiger partial charge in [0.05, 0.1) is 6.61 Å². The van der Waals surface area contributed by atoms with E-state index < -0.39 is 6.10 Å². The zero-order valence-electron chi connectivity index (χ0n) is 10.5.